The van der Waals surface area contributed by atoms with Crippen LogP contribution in [0.4, 0.5) is 5.69 Å². The molecule has 0 radical (unpaired) electrons. The summed E-state index contributed by atoms with van der Waals surface area (Å²) < 4.78 is 1.69. The summed E-state index contributed by atoms with van der Waals surface area (Å²) in [6.45, 7) is 2.42. The van der Waals surface area contributed by atoms with Gasteiger partial charge in [-0.15, -0.1) is 0 Å². The number of likely N-dealkylation sites (N-methyl/N-ethyl adjacent to an activating group) is 1. The predicted octanol–water partition coefficient (Wildman–Crippen LogP) is 0.898. The number of aryl methyl sites for hydroxylation is 2. The second-order valence-corrected chi connectivity index (χ2v) is 5.49. The summed E-state index contributed by atoms with van der Waals surface area (Å²) in [6, 6.07) is 5.26. The molecule has 23 heavy (non-hydrogen) atoms. The van der Waals surface area contributed by atoms with Crippen molar-refractivity contribution in [2.24, 2.45) is 12.8 Å². The second kappa shape index (κ2) is 6.95. The zero-order valence-electron chi connectivity index (χ0n) is 13.5. The highest BCUT2D eigenvalue weighted by Crippen LogP contribution is 2.19. The molecular weight excluding hydrogens is 294 g/mol. The molecule has 7 heteroatoms. The SMILES string of the molecule is Cc1cccc(C(N)=O)c1NCC(=O)N(C)Cc1cnn(C)c1. The van der Waals surface area contributed by atoms with E-state index in [0.717, 1.165) is 11.1 Å². The molecule has 1 heterocycles. The number of nitrogens with zero attached hydrogens (tertiary/aromatic N) is 3. The van der Waals surface area contributed by atoms with E-state index in [9.17, 15) is 9.59 Å². The minimum atomic E-state index is -0.521. The Morgan fingerprint density at radius 2 is 2.13 bits per heavy atom. The van der Waals surface area contributed by atoms with Crippen molar-refractivity contribution in [2.45, 2.75) is 13.5 Å². The van der Waals surface area contributed by atoms with Crippen LogP contribution in [-0.4, -0.2) is 40.1 Å². The normalized spacial score (nSPS) is 10.4. The molecule has 1 aromatic carbocycles. The second-order valence-electron chi connectivity index (χ2n) is 5.49. The van der Waals surface area contributed by atoms with E-state index in [0.29, 0.717) is 17.8 Å². The molecule has 0 spiro atoms. The molecule has 0 fully saturated rings. The lowest BCUT2D eigenvalue weighted by atomic mass is 10.1. The van der Waals surface area contributed by atoms with Crippen molar-refractivity contribution in [1.82, 2.24) is 14.7 Å². The molecule has 2 aromatic rings. The third-order valence-corrected chi connectivity index (χ3v) is 3.56. The number of carbonyl (C=O) groups excluding carboxylic acids is 2. The first kappa shape index (κ1) is 16.5. The van der Waals surface area contributed by atoms with Gasteiger partial charge >= 0.3 is 0 Å². The van der Waals surface area contributed by atoms with Crippen molar-refractivity contribution >= 4 is 17.5 Å². The average Bonchev–Trinajstić information content (AvgIpc) is 2.90. The number of anilines is 1. The number of carbonyl (C=O) groups is 2. The van der Waals surface area contributed by atoms with E-state index in [4.69, 9.17) is 5.73 Å². The first-order chi connectivity index (χ1) is 10.9. The van der Waals surface area contributed by atoms with Crippen molar-refractivity contribution in [3.63, 3.8) is 0 Å². The fraction of sp³-hybridized carbons (Fsp3) is 0.312. The number of nitrogens with one attached hydrogen (secondary N) is 1. The third-order valence-electron chi connectivity index (χ3n) is 3.56. The molecule has 3 N–H and O–H groups in total. The molecule has 2 amide bonds. The van der Waals surface area contributed by atoms with Crippen LogP contribution in [0.15, 0.2) is 30.6 Å². The van der Waals surface area contributed by atoms with E-state index < -0.39 is 5.91 Å². The maximum atomic E-state index is 12.2. The summed E-state index contributed by atoms with van der Waals surface area (Å²) in [7, 11) is 3.56. The van der Waals surface area contributed by atoms with Gasteiger partial charge in [0.2, 0.25) is 5.91 Å². The fourth-order valence-electron chi connectivity index (χ4n) is 2.32. The number of aromatic nitrogens is 2. The Kier molecular flexibility index (Phi) is 5.00. The van der Waals surface area contributed by atoms with E-state index in [1.54, 1.807) is 35.0 Å². The number of hydrogen-bond donors (Lipinski definition) is 2. The number of para-hydroxylation sites is 1. The van der Waals surface area contributed by atoms with Gasteiger partial charge < -0.3 is 16.0 Å². The highest BCUT2D eigenvalue weighted by atomic mass is 16.2. The summed E-state index contributed by atoms with van der Waals surface area (Å²) >= 11 is 0. The van der Waals surface area contributed by atoms with E-state index >= 15 is 0 Å². The molecular formula is C16H21N5O2. The molecule has 2 rings (SSSR count). The highest BCUT2D eigenvalue weighted by molar-refractivity contribution is 5.99. The van der Waals surface area contributed by atoms with Crippen LogP contribution in [0.1, 0.15) is 21.5 Å². The molecule has 7 nitrogen and oxygen atoms in total. The van der Waals surface area contributed by atoms with E-state index in [1.807, 2.05) is 26.2 Å². The van der Waals surface area contributed by atoms with Crippen molar-refractivity contribution in [3.05, 3.63) is 47.3 Å². The van der Waals surface area contributed by atoms with Crippen LogP contribution in [0.25, 0.3) is 0 Å². The summed E-state index contributed by atoms with van der Waals surface area (Å²) in [5.41, 5.74) is 8.17. The number of primary amides is 1. The van der Waals surface area contributed by atoms with Crippen LogP contribution < -0.4 is 11.1 Å². The van der Waals surface area contributed by atoms with Crippen LogP contribution in [-0.2, 0) is 18.4 Å². The van der Waals surface area contributed by atoms with Gasteiger partial charge in [-0.1, -0.05) is 12.1 Å². The molecule has 0 unspecified atom stereocenters. The van der Waals surface area contributed by atoms with E-state index in [1.165, 1.54) is 0 Å². The van der Waals surface area contributed by atoms with Crippen LogP contribution in [0.5, 0.6) is 0 Å². The Bertz CT molecular complexity index is 723. The lowest BCUT2D eigenvalue weighted by Gasteiger charge is -2.18. The largest absolute Gasteiger partial charge is 0.375 e. The third kappa shape index (κ3) is 4.09. The fourth-order valence-corrected chi connectivity index (χ4v) is 2.32. The topological polar surface area (TPSA) is 93.2 Å². The van der Waals surface area contributed by atoms with Gasteiger partial charge in [0.1, 0.15) is 0 Å². The number of hydrogen-bond acceptors (Lipinski definition) is 4. The number of nitrogens with two attached hydrogens (primary N) is 1. The Morgan fingerprint density at radius 1 is 1.39 bits per heavy atom. The zero-order chi connectivity index (χ0) is 17.0. The molecule has 0 saturated carbocycles. The zero-order valence-corrected chi connectivity index (χ0v) is 13.5. The average molecular weight is 315 g/mol. The van der Waals surface area contributed by atoms with Crippen molar-refractivity contribution in [1.29, 1.82) is 0 Å². The molecule has 0 aliphatic heterocycles. The van der Waals surface area contributed by atoms with Crippen LogP contribution >= 0.6 is 0 Å². The molecule has 1 aromatic heterocycles. The molecule has 0 atom stereocenters. The predicted molar refractivity (Wildman–Crippen MR) is 87.9 cm³/mol. The van der Waals surface area contributed by atoms with Gasteiger partial charge in [0, 0.05) is 32.4 Å². The first-order valence-corrected chi connectivity index (χ1v) is 7.23. The first-order valence-electron chi connectivity index (χ1n) is 7.23. The maximum Gasteiger partial charge on any atom is 0.250 e. The minimum absolute atomic E-state index is 0.0852. The van der Waals surface area contributed by atoms with Gasteiger partial charge in [-0.25, -0.2) is 0 Å². The standard InChI is InChI=1S/C16H21N5O2/c1-11-5-4-6-13(16(17)23)15(11)18-8-14(22)20(2)9-12-7-19-21(3)10-12/h4-7,10,18H,8-9H2,1-3H3,(H2,17,23). The van der Waals surface area contributed by atoms with Gasteiger partial charge in [-0.3, -0.25) is 14.3 Å². The highest BCUT2D eigenvalue weighted by Gasteiger charge is 2.14. The molecule has 122 valence electrons. The Hall–Kier alpha value is -2.83. The number of rotatable bonds is 6. The minimum Gasteiger partial charge on any atom is -0.375 e. The molecule has 0 saturated heterocycles. The van der Waals surface area contributed by atoms with Crippen molar-refractivity contribution in [3.8, 4) is 0 Å². The van der Waals surface area contributed by atoms with Gasteiger partial charge in [0.15, 0.2) is 0 Å². The molecule has 0 bridgehead atoms. The van der Waals surface area contributed by atoms with Gasteiger partial charge in [-0.2, -0.15) is 5.10 Å². The van der Waals surface area contributed by atoms with Crippen LogP contribution in [0, 0.1) is 6.92 Å². The van der Waals surface area contributed by atoms with Crippen LogP contribution in [0.2, 0.25) is 0 Å². The summed E-state index contributed by atoms with van der Waals surface area (Å²) in [4.78, 5) is 25.3. The van der Waals surface area contributed by atoms with Gasteiger partial charge in [0.05, 0.1) is 24.0 Å². The van der Waals surface area contributed by atoms with E-state index in [-0.39, 0.29) is 12.5 Å². The van der Waals surface area contributed by atoms with Gasteiger partial charge in [-0.05, 0) is 18.6 Å². The van der Waals surface area contributed by atoms with Gasteiger partial charge in [0.25, 0.3) is 5.91 Å². The summed E-state index contributed by atoms with van der Waals surface area (Å²) in [5, 5.41) is 7.10. The van der Waals surface area contributed by atoms with Crippen LogP contribution in [0.3, 0.4) is 0 Å². The monoisotopic (exact) mass is 315 g/mol. The summed E-state index contributed by atoms with van der Waals surface area (Å²) in [5.74, 6) is -0.611. The Balaban J connectivity index is 2.00. The lowest BCUT2D eigenvalue weighted by molar-refractivity contribution is -0.128. The smallest absolute Gasteiger partial charge is 0.250 e. The number of benzene rings is 1. The maximum absolute atomic E-state index is 12.2. The van der Waals surface area contributed by atoms with Crippen molar-refractivity contribution in [2.75, 3.05) is 18.9 Å². The van der Waals surface area contributed by atoms with Crippen molar-refractivity contribution < 1.29 is 9.59 Å². The Labute approximate surface area is 135 Å². The molecule has 0 aliphatic rings. The Morgan fingerprint density at radius 3 is 2.74 bits per heavy atom. The summed E-state index contributed by atoms with van der Waals surface area (Å²) in [6.07, 6.45) is 3.59. The van der Waals surface area contributed by atoms with E-state index in [2.05, 4.69) is 10.4 Å². The lowest BCUT2D eigenvalue weighted by Crippen LogP contribution is -2.32. The number of amides is 2. The molecule has 0 aliphatic carbocycles. The quantitative estimate of drug-likeness (QED) is 0.828.